The number of carbonyl (C=O) groups excluding carboxylic acids is 1. The van der Waals surface area contributed by atoms with E-state index in [-0.39, 0.29) is 25.0 Å². The second kappa shape index (κ2) is 7.14. The van der Waals surface area contributed by atoms with Crippen molar-refractivity contribution in [3.63, 3.8) is 0 Å². The second-order valence-electron chi connectivity index (χ2n) is 7.74. The number of rotatable bonds is 4. The Labute approximate surface area is 174 Å². The van der Waals surface area contributed by atoms with Crippen LogP contribution in [-0.2, 0) is 6.42 Å². The standard InChI is InChI=1S/C21H22Cl2NO4/c1-24(2)7-6-12-8-18-20(28-11-27-18)21(26-3)19(12)16(24)10-17(25)14-9-13(22)4-5-15(14)23/h4-5,8-9,16H,6-7,10-11H2,1-3H3/q+1. The first kappa shape index (κ1) is 19.4. The highest BCUT2D eigenvalue weighted by molar-refractivity contribution is 6.35. The van der Waals surface area contributed by atoms with E-state index in [9.17, 15) is 4.79 Å². The van der Waals surface area contributed by atoms with Gasteiger partial charge in [0.2, 0.25) is 12.5 Å². The SMILES string of the molecule is COc1c2c(cc3c1C(CC(=O)c1cc(Cl)ccc1Cl)[N+](C)(C)CC3)OCO2. The molecule has 28 heavy (non-hydrogen) atoms. The molecular formula is C21H22Cl2NO4+. The summed E-state index contributed by atoms with van der Waals surface area (Å²) in [7, 11) is 5.88. The highest BCUT2D eigenvalue weighted by atomic mass is 35.5. The van der Waals surface area contributed by atoms with Gasteiger partial charge in [0.15, 0.2) is 17.3 Å². The van der Waals surface area contributed by atoms with E-state index in [1.165, 1.54) is 0 Å². The van der Waals surface area contributed by atoms with Crippen LogP contribution >= 0.6 is 23.2 Å². The molecule has 2 aromatic rings. The molecule has 0 fully saturated rings. The van der Waals surface area contributed by atoms with Gasteiger partial charge in [0.25, 0.3) is 0 Å². The zero-order valence-electron chi connectivity index (χ0n) is 16.1. The van der Waals surface area contributed by atoms with Crippen molar-refractivity contribution in [2.45, 2.75) is 18.9 Å². The first-order valence-electron chi connectivity index (χ1n) is 9.12. The van der Waals surface area contributed by atoms with E-state index in [0.29, 0.717) is 37.3 Å². The molecule has 1 atom stereocenters. The van der Waals surface area contributed by atoms with Crippen LogP contribution in [-0.4, -0.2) is 44.8 Å². The van der Waals surface area contributed by atoms with Crippen molar-refractivity contribution in [1.82, 2.24) is 0 Å². The summed E-state index contributed by atoms with van der Waals surface area (Å²) >= 11 is 12.4. The summed E-state index contributed by atoms with van der Waals surface area (Å²) in [5.74, 6) is 1.93. The van der Waals surface area contributed by atoms with Crippen LogP contribution in [0.15, 0.2) is 24.3 Å². The number of fused-ring (bicyclic) bond motifs is 2. The van der Waals surface area contributed by atoms with Gasteiger partial charge in [-0.05, 0) is 29.8 Å². The number of hydrogen-bond acceptors (Lipinski definition) is 4. The molecule has 0 aromatic heterocycles. The first-order chi connectivity index (χ1) is 13.3. The van der Waals surface area contributed by atoms with Crippen molar-refractivity contribution < 1.29 is 23.5 Å². The van der Waals surface area contributed by atoms with E-state index in [1.807, 2.05) is 6.07 Å². The molecule has 0 radical (unpaired) electrons. The summed E-state index contributed by atoms with van der Waals surface area (Å²) in [5, 5.41) is 0.903. The Morgan fingerprint density at radius 2 is 2.04 bits per heavy atom. The quantitative estimate of drug-likeness (QED) is 0.529. The van der Waals surface area contributed by atoms with Crippen molar-refractivity contribution in [3.8, 4) is 17.2 Å². The molecule has 0 spiro atoms. The number of quaternary nitrogens is 1. The monoisotopic (exact) mass is 422 g/mol. The number of hydrogen-bond donors (Lipinski definition) is 0. The predicted molar refractivity (Wildman–Crippen MR) is 108 cm³/mol. The average Bonchev–Trinajstić information content (AvgIpc) is 3.12. The van der Waals surface area contributed by atoms with Gasteiger partial charge in [-0.2, -0.15) is 0 Å². The minimum Gasteiger partial charge on any atom is -0.492 e. The van der Waals surface area contributed by atoms with Crippen LogP contribution in [0.1, 0.15) is 33.9 Å². The number of ketones is 1. The van der Waals surface area contributed by atoms with Crippen LogP contribution in [0, 0.1) is 0 Å². The summed E-state index contributed by atoms with van der Waals surface area (Å²) < 4.78 is 17.6. The molecule has 5 nitrogen and oxygen atoms in total. The van der Waals surface area contributed by atoms with Crippen LogP contribution in [0.5, 0.6) is 17.2 Å². The largest absolute Gasteiger partial charge is 0.492 e. The molecule has 0 amide bonds. The second-order valence-corrected chi connectivity index (χ2v) is 8.58. The lowest BCUT2D eigenvalue weighted by molar-refractivity contribution is -0.922. The normalized spacial score (nSPS) is 19.2. The van der Waals surface area contributed by atoms with E-state index >= 15 is 0 Å². The van der Waals surface area contributed by atoms with Crippen LogP contribution in [0.4, 0.5) is 0 Å². The van der Waals surface area contributed by atoms with Crippen molar-refractivity contribution in [3.05, 3.63) is 51.0 Å². The van der Waals surface area contributed by atoms with Gasteiger partial charge in [0, 0.05) is 17.0 Å². The smallest absolute Gasteiger partial charge is 0.231 e. The molecule has 2 aliphatic rings. The average molecular weight is 423 g/mol. The lowest BCUT2D eigenvalue weighted by atomic mass is 9.86. The van der Waals surface area contributed by atoms with Gasteiger partial charge in [-0.15, -0.1) is 0 Å². The van der Waals surface area contributed by atoms with Crippen LogP contribution in [0.3, 0.4) is 0 Å². The minimum absolute atomic E-state index is 0.0451. The van der Waals surface area contributed by atoms with Gasteiger partial charge >= 0.3 is 0 Å². The molecule has 0 saturated heterocycles. The number of carbonyl (C=O) groups is 1. The number of methoxy groups -OCH3 is 1. The van der Waals surface area contributed by atoms with Crippen LogP contribution in [0.25, 0.3) is 0 Å². The fourth-order valence-corrected chi connectivity index (χ4v) is 4.51. The van der Waals surface area contributed by atoms with Gasteiger partial charge in [-0.3, -0.25) is 4.79 Å². The van der Waals surface area contributed by atoms with Crippen molar-refractivity contribution in [2.75, 3.05) is 34.5 Å². The number of Topliss-reactive ketones (excluding diaryl/α,β-unsaturated/α-hetero) is 1. The van der Waals surface area contributed by atoms with E-state index in [0.717, 1.165) is 24.1 Å². The third kappa shape index (κ3) is 3.21. The maximum absolute atomic E-state index is 13.2. The molecule has 2 aliphatic heterocycles. The van der Waals surface area contributed by atoms with Crippen LogP contribution in [0.2, 0.25) is 10.0 Å². The Kier molecular flexibility index (Phi) is 4.94. The maximum atomic E-state index is 13.2. The fourth-order valence-electron chi connectivity index (χ4n) is 4.11. The number of benzene rings is 2. The zero-order chi connectivity index (χ0) is 20.1. The van der Waals surface area contributed by atoms with Gasteiger partial charge in [-0.25, -0.2) is 0 Å². The Morgan fingerprint density at radius 3 is 2.79 bits per heavy atom. The molecule has 7 heteroatoms. The summed E-state index contributed by atoms with van der Waals surface area (Å²) in [6, 6.07) is 6.89. The predicted octanol–water partition coefficient (Wildman–Crippen LogP) is 4.68. The van der Waals surface area contributed by atoms with E-state index < -0.39 is 0 Å². The van der Waals surface area contributed by atoms with Crippen molar-refractivity contribution in [2.24, 2.45) is 0 Å². The number of likely N-dealkylation sites (N-methyl/N-ethyl adjacent to an activating group) is 1. The summed E-state index contributed by atoms with van der Waals surface area (Å²) in [4.78, 5) is 13.2. The fraction of sp³-hybridized carbons (Fsp3) is 0.381. The molecule has 0 aliphatic carbocycles. The summed E-state index contributed by atoms with van der Waals surface area (Å²) in [6.45, 7) is 1.07. The van der Waals surface area contributed by atoms with Gasteiger partial charge < -0.3 is 18.7 Å². The van der Waals surface area contributed by atoms with E-state index in [4.69, 9.17) is 37.4 Å². The van der Waals surface area contributed by atoms with Crippen molar-refractivity contribution in [1.29, 1.82) is 0 Å². The van der Waals surface area contributed by atoms with Gasteiger partial charge in [0.05, 0.1) is 44.8 Å². The molecule has 2 heterocycles. The number of nitrogens with zero attached hydrogens (tertiary/aromatic N) is 1. The molecule has 4 rings (SSSR count). The van der Waals surface area contributed by atoms with Crippen LogP contribution < -0.4 is 14.2 Å². The number of halogens is 2. The maximum Gasteiger partial charge on any atom is 0.231 e. The molecule has 0 N–H and O–H groups in total. The van der Waals surface area contributed by atoms with Gasteiger partial charge in [0.1, 0.15) is 6.04 Å². The molecular weight excluding hydrogens is 401 g/mol. The Morgan fingerprint density at radius 1 is 1.25 bits per heavy atom. The third-order valence-electron chi connectivity index (χ3n) is 5.69. The van der Waals surface area contributed by atoms with Crippen molar-refractivity contribution >= 4 is 29.0 Å². The molecule has 148 valence electrons. The van der Waals surface area contributed by atoms with E-state index in [2.05, 4.69) is 14.1 Å². The minimum atomic E-state index is -0.101. The third-order valence-corrected chi connectivity index (χ3v) is 6.25. The summed E-state index contributed by atoms with van der Waals surface area (Å²) in [6.07, 6.45) is 1.16. The van der Waals surface area contributed by atoms with E-state index in [1.54, 1.807) is 25.3 Å². The highest BCUT2D eigenvalue weighted by Gasteiger charge is 2.42. The zero-order valence-corrected chi connectivity index (χ0v) is 17.6. The topological polar surface area (TPSA) is 44.8 Å². The molecule has 1 unspecified atom stereocenters. The number of ether oxygens (including phenoxy) is 3. The highest BCUT2D eigenvalue weighted by Crippen LogP contribution is 2.51. The molecule has 2 aromatic carbocycles. The Bertz CT molecular complexity index is 958. The Balaban J connectivity index is 1.79. The lowest BCUT2D eigenvalue weighted by Gasteiger charge is -2.43. The van der Waals surface area contributed by atoms with Gasteiger partial charge in [-0.1, -0.05) is 23.2 Å². The summed E-state index contributed by atoms with van der Waals surface area (Å²) in [5.41, 5.74) is 2.59. The Hall–Kier alpha value is -1.95. The lowest BCUT2D eigenvalue weighted by Crippen LogP contribution is -2.48. The first-order valence-corrected chi connectivity index (χ1v) is 9.87. The molecule has 0 bridgehead atoms. The molecule has 0 saturated carbocycles.